The fourth-order valence-electron chi connectivity index (χ4n) is 0.796. The molecule has 1 aromatic rings. The maximum absolute atomic E-state index is 12.9. The lowest BCUT2D eigenvalue weighted by Gasteiger charge is -1.97. The number of halogens is 2. The molecule has 0 amide bonds. The Morgan fingerprint density at radius 1 is 1.54 bits per heavy atom. The largest absolute Gasteiger partial charge is 0.298 e. The predicted molar refractivity (Wildman–Crippen MR) is 46.1 cm³/mol. The number of rotatable bonds is 2. The molecule has 0 saturated heterocycles. The van der Waals surface area contributed by atoms with Gasteiger partial charge < -0.3 is 0 Å². The number of carbonyl (C=O) groups excluding carboxylic acids is 1. The summed E-state index contributed by atoms with van der Waals surface area (Å²) in [5.41, 5.74) is -0.519. The third-order valence-corrected chi connectivity index (χ3v) is 2.15. The number of nitrogens with zero attached hydrogens (tertiary/aromatic N) is 1. The molecular weight excluding hydrogens is 245 g/mol. The Hall–Kier alpha value is -1.30. The van der Waals surface area contributed by atoms with Crippen molar-refractivity contribution in [3.8, 4) is 0 Å². The number of benzene rings is 1. The summed E-state index contributed by atoms with van der Waals surface area (Å²) in [6.07, 6.45) is 0.350. The van der Waals surface area contributed by atoms with Crippen molar-refractivity contribution >= 4 is 27.9 Å². The van der Waals surface area contributed by atoms with E-state index in [1.54, 1.807) is 0 Å². The average molecular weight is 248 g/mol. The molecule has 0 aromatic heterocycles. The van der Waals surface area contributed by atoms with E-state index in [0.717, 1.165) is 12.1 Å². The molecule has 0 aliphatic carbocycles. The Morgan fingerprint density at radius 2 is 2.15 bits per heavy atom. The van der Waals surface area contributed by atoms with Gasteiger partial charge in [0.1, 0.15) is 16.6 Å². The maximum atomic E-state index is 12.9. The number of nitro groups is 1. The molecule has 0 saturated carbocycles. The Balaban J connectivity index is 3.41. The minimum atomic E-state index is -0.823. The van der Waals surface area contributed by atoms with E-state index < -0.39 is 16.4 Å². The second-order valence-corrected chi connectivity index (χ2v) is 3.00. The molecule has 0 bridgehead atoms. The van der Waals surface area contributed by atoms with Gasteiger partial charge in [0.05, 0.1) is 4.92 Å². The first-order chi connectivity index (χ1) is 6.06. The van der Waals surface area contributed by atoms with Crippen LogP contribution < -0.4 is 0 Å². The van der Waals surface area contributed by atoms with Crippen LogP contribution in [0.1, 0.15) is 10.4 Å². The third-order valence-electron chi connectivity index (χ3n) is 1.36. The van der Waals surface area contributed by atoms with Gasteiger partial charge in [-0.15, -0.1) is 0 Å². The molecule has 4 nitrogen and oxygen atoms in total. The molecule has 0 heterocycles. The molecule has 6 heteroatoms. The number of nitro benzene ring substituents is 1. The minimum absolute atomic E-state index is 0.0626. The maximum Gasteiger partial charge on any atom is 0.287 e. The van der Waals surface area contributed by atoms with Gasteiger partial charge in [0.2, 0.25) is 0 Å². The van der Waals surface area contributed by atoms with E-state index in [9.17, 15) is 19.3 Å². The van der Waals surface area contributed by atoms with E-state index in [1.165, 1.54) is 0 Å². The van der Waals surface area contributed by atoms with Gasteiger partial charge >= 0.3 is 0 Å². The van der Waals surface area contributed by atoms with Crippen molar-refractivity contribution in [2.75, 3.05) is 0 Å². The van der Waals surface area contributed by atoms with E-state index in [0.29, 0.717) is 6.29 Å². The number of hydrogen-bond donors (Lipinski definition) is 0. The first-order valence-electron chi connectivity index (χ1n) is 3.15. The summed E-state index contributed by atoms with van der Waals surface area (Å²) < 4.78 is 12.6. The van der Waals surface area contributed by atoms with Crippen LogP contribution in [0.15, 0.2) is 16.6 Å². The van der Waals surface area contributed by atoms with Gasteiger partial charge in [-0.25, -0.2) is 4.39 Å². The molecule has 0 radical (unpaired) electrons. The van der Waals surface area contributed by atoms with Crippen LogP contribution in [0.2, 0.25) is 0 Å². The van der Waals surface area contributed by atoms with E-state index in [1.807, 2.05) is 0 Å². The monoisotopic (exact) mass is 247 g/mol. The number of carbonyl (C=O) groups is 1. The second-order valence-electron chi connectivity index (χ2n) is 2.21. The lowest BCUT2D eigenvalue weighted by Crippen LogP contribution is -1.94. The Labute approximate surface area is 80.6 Å². The standard InChI is InChI=1S/C7H3BrFNO3/c8-7-5(9)1-4(3-11)2-6(7)10(12)13/h1-3H. The SMILES string of the molecule is O=Cc1cc(F)c(Br)c([N+](=O)[O-])c1. The summed E-state index contributed by atoms with van der Waals surface area (Å²) in [7, 11) is 0. The normalized spacial score (nSPS) is 9.69. The van der Waals surface area contributed by atoms with Crippen molar-refractivity contribution < 1.29 is 14.1 Å². The quantitative estimate of drug-likeness (QED) is 0.458. The third kappa shape index (κ3) is 1.89. The fourth-order valence-corrected chi connectivity index (χ4v) is 1.17. The molecule has 0 N–H and O–H groups in total. The number of aldehydes is 1. The van der Waals surface area contributed by atoms with Crippen LogP contribution in [0.25, 0.3) is 0 Å². The zero-order chi connectivity index (χ0) is 10.0. The molecule has 1 aromatic carbocycles. The van der Waals surface area contributed by atoms with Crippen LogP contribution in [0, 0.1) is 15.9 Å². The van der Waals surface area contributed by atoms with Crippen LogP contribution in [0.4, 0.5) is 10.1 Å². The first-order valence-corrected chi connectivity index (χ1v) is 3.94. The molecule has 0 aliphatic heterocycles. The molecule has 0 spiro atoms. The smallest absolute Gasteiger partial charge is 0.287 e. The minimum Gasteiger partial charge on any atom is -0.298 e. The number of hydrogen-bond acceptors (Lipinski definition) is 3. The second kappa shape index (κ2) is 3.61. The Bertz CT molecular complexity index is 380. The van der Waals surface area contributed by atoms with E-state index in [2.05, 4.69) is 15.9 Å². The van der Waals surface area contributed by atoms with Crippen molar-refractivity contribution in [3.63, 3.8) is 0 Å². The lowest BCUT2D eigenvalue weighted by atomic mass is 10.2. The average Bonchev–Trinajstić information content (AvgIpc) is 2.09. The Morgan fingerprint density at radius 3 is 2.62 bits per heavy atom. The van der Waals surface area contributed by atoms with Crippen molar-refractivity contribution in [2.24, 2.45) is 0 Å². The van der Waals surface area contributed by atoms with Gasteiger partial charge in [-0.1, -0.05) is 0 Å². The highest BCUT2D eigenvalue weighted by atomic mass is 79.9. The molecule has 0 fully saturated rings. The van der Waals surface area contributed by atoms with Crippen LogP contribution in [-0.2, 0) is 0 Å². The zero-order valence-corrected chi connectivity index (χ0v) is 7.75. The fraction of sp³-hybridized carbons (Fsp3) is 0. The molecule has 68 valence electrons. The topological polar surface area (TPSA) is 60.2 Å². The zero-order valence-electron chi connectivity index (χ0n) is 6.16. The predicted octanol–water partition coefficient (Wildman–Crippen LogP) is 2.31. The summed E-state index contributed by atoms with van der Waals surface area (Å²) in [4.78, 5) is 19.8. The lowest BCUT2D eigenvalue weighted by molar-refractivity contribution is -0.385. The molecule has 0 aliphatic rings. The molecular formula is C7H3BrFNO3. The van der Waals surface area contributed by atoms with Gasteiger partial charge in [0, 0.05) is 11.6 Å². The van der Waals surface area contributed by atoms with Crippen molar-refractivity contribution in [2.45, 2.75) is 0 Å². The van der Waals surface area contributed by atoms with Crippen molar-refractivity contribution in [1.82, 2.24) is 0 Å². The van der Waals surface area contributed by atoms with E-state index in [-0.39, 0.29) is 10.0 Å². The molecule has 13 heavy (non-hydrogen) atoms. The van der Waals surface area contributed by atoms with Gasteiger partial charge in [-0.3, -0.25) is 14.9 Å². The highest BCUT2D eigenvalue weighted by molar-refractivity contribution is 9.10. The van der Waals surface area contributed by atoms with Crippen LogP contribution in [-0.4, -0.2) is 11.2 Å². The van der Waals surface area contributed by atoms with E-state index in [4.69, 9.17) is 0 Å². The summed E-state index contributed by atoms with van der Waals surface area (Å²) in [5, 5.41) is 10.3. The van der Waals surface area contributed by atoms with Gasteiger partial charge in [-0.2, -0.15) is 0 Å². The van der Waals surface area contributed by atoms with Gasteiger partial charge in [-0.05, 0) is 22.0 Å². The van der Waals surface area contributed by atoms with E-state index >= 15 is 0 Å². The van der Waals surface area contributed by atoms with Crippen molar-refractivity contribution in [1.29, 1.82) is 0 Å². The summed E-state index contributed by atoms with van der Waals surface area (Å²) >= 11 is 2.71. The summed E-state index contributed by atoms with van der Waals surface area (Å²) in [5.74, 6) is -0.823. The summed E-state index contributed by atoms with van der Waals surface area (Å²) in [6, 6.07) is 1.92. The summed E-state index contributed by atoms with van der Waals surface area (Å²) in [6.45, 7) is 0. The van der Waals surface area contributed by atoms with Crippen LogP contribution >= 0.6 is 15.9 Å². The highest BCUT2D eigenvalue weighted by Crippen LogP contribution is 2.28. The molecule has 0 atom stereocenters. The first kappa shape index (κ1) is 9.79. The van der Waals surface area contributed by atoms with Crippen molar-refractivity contribution in [3.05, 3.63) is 38.1 Å². The molecule has 0 unspecified atom stereocenters. The molecule has 1 rings (SSSR count). The Kier molecular flexibility index (Phi) is 2.72. The van der Waals surface area contributed by atoms with Gasteiger partial charge in [0.25, 0.3) is 5.69 Å². The highest BCUT2D eigenvalue weighted by Gasteiger charge is 2.17. The van der Waals surface area contributed by atoms with Crippen LogP contribution in [0.3, 0.4) is 0 Å². The van der Waals surface area contributed by atoms with Gasteiger partial charge in [0.15, 0.2) is 0 Å². The van der Waals surface area contributed by atoms with Crippen LogP contribution in [0.5, 0.6) is 0 Å².